The number of aliphatic carboxylic acids is 1. The van der Waals surface area contributed by atoms with Gasteiger partial charge in [0.2, 0.25) is 0 Å². The van der Waals surface area contributed by atoms with Crippen molar-refractivity contribution in [2.45, 2.75) is 19.4 Å². The van der Waals surface area contributed by atoms with Gasteiger partial charge in [-0.1, -0.05) is 6.07 Å². The molecule has 14 heavy (non-hydrogen) atoms. The maximum absolute atomic E-state index is 10.4. The molecule has 1 aromatic heterocycles. The Bertz CT molecular complexity index is 355. The normalized spacial score (nSPS) is 12.5. The molecule has 0 spiro atoms. The lowest BCUT2D eigenvalue weighted by Crippen LogP contribution is -2.15. The monoisotopic (exact) mass is 258 g/mol. The molecule has 4 nitrogen and oxygen atoms in total. The van der Waals surface area contributed by atoms with Crippen LogP contribution in [0.5, 0.6) is 0 Å². The first-order valence-electron chi connectivity index (χ1n) is 4.10. The summed E-state index contributed by atoms with van der Waals surface area (Å²) in [5.41, 5.74) is 7.37. The van der Waals surface area contributed by atoms with Gasteiger partial charge in [-0.3, -0.25) is 4.79 Å². The number of carboxylic acid groups (broad SMARTS) is 1. The average molecular weight is 259 g/mol. The van der Waals surface area contributed by atoms with Gasteiger partial charge in [0.25, 0.3) is 0 Å². The Morgan fingerprint density at radius 3 is 2.93 bits per heavy atom. The maximum atomic E-state index is 10.4. The highest BCUT2D eigenvalue weighted by Crippen LogP contribution is 2.19. The van der Waals surface area contributed by atoms with E-state index in [1.165, 1.54) is 0 Å². The standard InChI is InChI=1S/C9H11BrN2O2/c1-5-2-6(4-12-9(5)10)7(11)3-8(13)14/h2,4,7H,3,11H2,1H3,(H,13,14)/t7-/m0/s1. The van der Waals surface area contributed by atoms with E-state index >= 15 is 0 Å². The number of carbonyl (C=O) groups is 1. The van der Waals surface area contributed by atoms with Gasteiger partial charge in [0, 0.05) is 12.2 Å². The topological polar surface area (TPSA) is 76.2 Å². The second-order valence-electron chi connectivity index (χ2n) is 3.08. The van der Waals surface area contributed by atoms with Crippen LogP contribution in [0.25, 0.3) is 0 Å². The summed E-state index contributed by atoms with van der Waals surface area (Å²) in [7, 11) is 0. The molecule has 1 atom stereocenters. The fraction of sp³-hybridized carbons (Fsp3) is 0.333. The molecule has 0 aromatic carbocycles. The van der Waals surface area contributed by atoms with Gasteiger partial charge in [-0.05, 0) is 34.0 Å². The third-order valence-electron chi connectivity index (χ3n) is 1.86. The molecule has 0 amide bonds. The summed E-state index contributed by atoms with van der Waals surface area (Å²) in [5.74, 6) is -0.905. The largest absolute Gasteiger partial charge is 0.481 e. The number of pyridine rings is 1. The van der Waals surface area contributed by atoms with Crippen molar-refractivity contribution in [3.05, 3.63) is 28.0 Å². The second-order valence-corrected chi connectivity index (χ2v) is 3.83. The predicted octanol–water partition coefficient (Wildman–Crippen LogP) is 1.63. The van der Waals surface area contributed by atoms with Crippen LogP contribution in [0.4, 0.5) is 0 Å². The highest BCUT2D eigenvalue weighted by Gasteiger charge is 2.11. The molecule has 0 bridgehead atoms. The number of carboxylic acids is 1. The Morgan fingerprint density at radius 1 is 1.79 bits per heavy atom. The summed E-state index contributed by atoms with van der Waals surface area (Å²) in [4.78, 5) is 14.5. The molecule has 0 saturated carbocycles. The van der Waals surface area contributed by atoms with Crippen LogP contribution in [0.15, 0.2) is 16.9 Å². The molecule has 0 aliphatic carbocycles. The van der Waals surface area contributed by atoms with Gasteiger partial charge in [0.1, 0.15) is 4.60 Å². The minimum Gasteiger partial charge on any atom is -0.481 e. The number of aryl methyl sites for hydroxylation is 1. The van der Waals surface area contributed by atoms with Gasteiger partial charge < -0.3 is 10.8 Å². The van der Waals surface area contributed by atoms with Crippen LogP contribution in [-0.4, -0.2) is 16.1 Å². The summed E-state index contributed by atoms with van der Waals surface area (Å²) < 4.78 is 0.753. The van der Waals surface area contributed by atoms with E-state index in [1.807, 2.05) is 13.0 Å². The van der Waals surface area contributed by atoms with Crippen molar-refractivity contribution in [2.75, 3.05) is 0 Å². The molecule has 1 heterocycles. The van der Waals surface area contributed by atoms with Crippen LogP contribution >= 0.6 is 15.9 Å². The van der Waals surface area contributed by atoms with Crippen molar-refractivity contribution in [2.24, 2.45) is 5.73 Å². The second kappa shape index (κ2) is 4.52. The van der Waals surface area contributed by atoms with Crippen LogP contribution in [0, 0.1) is 6.92 Å². The molecular formula is C9H11BrN2O2. The lowest BCUT2D eigenvalue weighted by Gasteiger charge is -2.09. The zero-order valence-corrected chi connectivity index (χ0v) is 9.28. The average Bonchev–Trinajstić information content (AvgIpc) is 2.08. The minimum atomic E-state index is -0.905. The Labute approximate surface area is 90.3 Å². The van der Waals surface area contributed by atoms with Gasteiger partial charge in [-0.2, -0.15) is 0 Å². The van der Waals surface area contributed by atoms with Crippen molar-refractivity contribution in [3.8, 4) is 0 Å². The quantitative estimate of drug-likeness (QED) is 0.809. The fourth-order valence-electron chi connectivity index (χ4n) is 1.09. The maximum Gasteiger partial charge on any atom is 0.305 e. The smallest absolute Gasteiger partial charge is 0.305 e. The lowest BCUT2D eigenvalue weighted by atomic mass is 10.1. The van der Waals surface area contributed by atoms with Crippen LogP contribution < -0.4 is 5.73 Å². The molecule has 1 rings (SSSR count). The van der Waals surface area contributed by atoms with Crippen molar-refractivity contribution in [3.63, 3.8) is 0 Å². The van der Waals surface area contributed by atoms with Crippen LogP contribution in [0.1, 0.15) is 23.6 Å². The predicted molar refractivity (Wildman–Crippen MR) is 55.9 cm³/mol. The van der Waals surface area contributed by atoms with E-state index in [0.29, 0.717) is 0 Å². The number of halogens is 1. The third-order valence-corrected chi connectivity index (χ3v) is 2.69. The van der Waals surface area contributed by atoms with E-state index < -0.39 is 12.0 Å². The summed E-state index contributed by atoms with van der Waals surface area (Å²) >= 11 is 3.26. The molecule has 3 N–H and O–H groups in total. The van der Waals surface area contributed by atoms with Gasteiger partial charge in [0.15, 0.2) is 0 Å². The lowest BCUT2D eigenvalue weighted by molar-refractivity contribution is -0.137. The van der Waals surface area contributed by atoms with Crippen molar-refractivity contribution >= 4 is 21.9 Å². The number of rotatable bonds is 3. The Balaban J connectivity index is 2.85. The van der Waals surface area contributed by atoms with Crippen LogP contribution in [-0.2, 0) is 4.79 Å². The summed E-state index contributed by atoms with van der Waals surface area (Å²) in [6.07, 6.45) is 1.51. The Morgan fingerprint density at radius 2 is 2.43 bits per heavy atom. The Hall–Kier alpha value is -0.940. The molecule has 0 fully saturated rings. The minimum absolute atomic E-state index is 0.0806. The van der Waals surface area contributed by atoms with E-state index in [4.69, 9.17) is 10.8 Å². The molecule has 0 saturated heterocycles. The number of hydrogen-bond donors (Lipinski definition) is 2. The van der Waals surface area contributed by atoms with Gasteiger partial charge in [-0.25, -0.2) is 4.98 Å². The van der Waals surface area contributed by atoms with Crippen molar-refractivity contribution in [1.29, 1.82) is 0 Å². The van der Waals surface area contributed by atoms with Crippen molar-refractivity contribution in [1.82, 2.24) is 4.98 Å². The van der Waals surface area contributed by atoms with E-state index in [0.717, 1.165) is 15.7 Å². The number of nitrogens with two attached hydrogens (primary N) is 1. The van der Waals surface area contributed by atoms with Gasteiger partial charge in [0.05, 0.1) is 6.42 Å². The molecular weight excluding hydrogens is 248 g/mol. The molecule has 76 valence electrons. The first kappa shape index (κ1) is 11.1. The molecule has 0 radical (unpaired) electrons. The highest BCUT2D eigenvalue weighted by molar-refractivity contribution is 9.10. The molecule has 5 heteroatoms. The fourth-order valence-corrected chi connectivity index (χ4v) is 1.31. The van der Waals surface area contributed by atoms with E-state index in [-0.39, 0.29) is 6.42 Å². The highest BCUT2D eigenvalue weighted by atomic mass is 79.9. The SMILES string of the molecule is Cc1cc([C@@H](N)CC(=O)O)cnc1Br. The number of nitrogens with zero attached hydrogens (tertiary/aromatic N) is 1. The molecule has 1 aromatic rings. The number of hydrogen-bond acceptors (Lipinski definition) is 3. The summed E-state index contributed by atoms with van der Waals surface area (Å²) in [5, 5.41) is 8.56. The summed E-state index contributed by atoms with van der Waals surface area (Å²) in [6, 6.07) is 1.34. The van der Waals surface area contributed by atoms with Crippen LogP contribution in [0.2, 0.25) is 0 Å². The van der Waals surface area contributed by atoms with E-state index in [2.05, 4.69) is 20.9 Å². The third kappa shape index (κ3) is 2.78. The van der Waals surface area contributed by atoms with E-state index in [1.54, 1.807) is 6.20 Å². The van der Waals surface area contributed by atoms with Gasteiger partial charge in [-0.15, -0.1) is 0 Å². The molecule has 0 unspecified atom stereocenters. The first-order chi connectivity index (χ1) is 6.50. The van der Waals surface area contributed by atoms with Crippen molar-refractivity contribution < 1.29 is 9.90 Å². The summed E-state index contributed by atoms with van der Waals surface area (Å²) in [6.45, 7) is 1.88. The Kier molecular flexibility index (Phi) is 3.60. The van der Waals surface area contributed by atoms with E-state index in [9.17, 15) is 4.79 Å². The first-order valence-corrected chi connectivity index (χ1v) is 4.89. The zero-order valence-electron chi connectivity index (χ0n) is 7.70. The molecule has 0 aliphatic heterocycles. The zero-order chi connectivity index (χ0) is 10.7. The van der Waals surface area contributed by atoms with Gasteiger partial charge >= 0.3 is 5.97 Å². The number of aromatic nitrogens is 1. The molecule has 0 aliphatic rings. The van der Waals surface area contributed by atoms with Crippen LogP contribution in [0.3, 0.4) is 0 Å².